The third-order valence-electron chi connectivity index (χ3n) is 3.92. The molecule has 0 aromatic heterocycles. The maximum Gasteiger partial charge on any atom is 0.416 e. The van der Waals surface area contributed by atoms with E-state index in [1.54, 1.807) is 0 Å². The molecule has 0 atom stereocenters. The van der Waals surface area contributed by atoms with Gasteiger partial charge in [0, 0.05) is 17.6 Å². The first-order valence-electron chi connectivity index (χ1n) is 7.05. The molecule has 0 heterocycles. The molecule has 1 aromatic rings. The van der Waals surface area contributed by atoms with Crippen LogP contribution < -0.4 is 11.1 Å². The van der Waals surface area contributed by atoms with Crippen LogP contribution in [0, 0.1) is 0 Å². The Labute approximate surface area is 121 Å². The van der Waals surface area contributed by atoms with Crippen molar-refractivity contribution < 1.29 is 18.0 Å². The molecule has 0 bridgehead atoms. The first-order valence-corrected chi connectivity index (χ1v) is 7.05. The van der Waals surface area contributed by atoms with Crippen LogP contribution in [0.5, 0.6) is 0 Å². The van der Waals surface area contributed by atoms with Crippen molar-refractivity contribution in [3.63, 3.8) is 0 Å². The number of rotatable bonds is 3. The van der Waals surface area contributed by atoms with Gasteiger partial charge in [-0.3, -0.25) is 4.79 Å². The van der Waals surface area contributed by atoms with Crippen molar-refractivity contribution in [3.05, 3.63) is 35.4 Å². The van der Waals surface area contributed by atoms with Crippen molar-refractivity contribution in [3.8, 4) is 0 Å². The molecule has 6 heteroatoms. The van der Waals surface area contributed by atoms with Gasteiger partial charge in [0.15, 0.2) is 0 Å². The van der Waals surface area contributed by atoms with Crippen LogP contribution in [0.2, 0.25) is 0 Å². The molecule has 1 fully saturated rings. The summed E-state index contributed by atoms with van der Waals surface area (Å²) >= 11 is 0. The molecule has 2 rings (SSSR count). The van der Waals surface area contributed by atoms with E-state index >= 15 is 0 Å². The summed E-state index contributed by atoms with van der Waals surface area (Å²) in [6, 6.07) is 4.19. The fraction of sp³-hybridized carbons (Fsp3) is 0.533. The highest BCUT2D eigenvalue weighted by Gasteiger charge is 2.30. The van der Waals surface area contributed by atoms with Crippen LogP contribution >= 0.6 is 0 Å². The molecule has 1 amide bonds. The monoisotopic (exact) mass is 300 g/mol. The Morgan fingerprint density at radius 1 is 1.14 bits per heavy atom. The number of amides is 1. The number of hydrogen-bond acceptors (Lipinski definition) is 2. The van der Waals surface area contributed by atoms with Gasteiger partial charge in [-0.25, -0.2) is 0 Å². The first kappa shape index (κ1) is 15.8. The minimum atomic E-state index is -4.39. The normalized spacial score (nSPS) is 18.3. The van der Waals surface area contributed by atoms with Crippen molar-refractivity contribution in [1.29, 1.82) is 0 Å². The van der Waals surface area contributed by atoms with Crippen molar-refractivity contribution in [1.82, 2.24) is 5.32 Å². The first-order chi connectivity index (χ1) is 9.80. The zero-order valence-electron chi connectivity index (χ0n) is 11.7. The summed E-state index contributed by atoms with van der Waals surface area (Å²) in [4.78, 5) is 11.9. The molecule has 1 aliphatic carbocycles. The number of hydrogen-bond donors (Lipinski definition) is 2. The molecule has 0 radical (unpaired) electrons. The molecule has 116 valence electrons. The molecule has 1 aromatic carbocycles. The van der Waals surface area contributed by atoms with Gasteiger partial charge in [-0.2, -0.15) is 13.2 Å². The fourth-order valence-electron chi connectivity index (χ4n) is 2.60. The van der Waals surface area contributed by atoms with Crippen LogP contribution in [0.3, 0.4) is 0 Å². The molecule has 0 aliphatic heterocycles. The van der Waals surface area contributed by atoms with Gasteiger partial charge in [0.25, 0.3) is 5.91 Å². The number of benzene rings is 1. The number of carbonyl (C=O) groups excluding carboxylic acids is 1. The molecular weight excluding hydrogens is 281 g/mol. The van der Waals surface area contributed by atoms with Gasteiger partial charge in [-0.1, -0.05) is 19.3 Å². The van der Waals surface area contributed by atoms with Crippen molar-refractivity contribution in [2.24, 2.45) is 5.73 Å². The van der Waals surface area contributed by atoms with Gasteiger partial charge in [0.05, 0.1) is 5.56 Å². The third kappa shape index (κ3) is 4.20. The Kier molecular flexibility index (Phi) is 4.56. The Bertz CT molecular complexity index is 491. The van der Waals surface area contributed by atoms with Gasteiger partial charge in [0.2, 0.25) is 0 Å². The van der Waals surface area contributed by atoms with Crippen LogP contribution in [0.15, 0.2) is 24.3 Å². The topological polar surface area (TPSA) is 55.1 Å². The van der Waals surface area contributed by atoms with Gasteiger partial charge >= 0.3 is 6.18 Å². The molecule has 1 aliphatic rings. The van der Waals surface area contributed by atoms with Crippen molar-refractivity contribution >= 4 is 5.91 Å². The summed E-state index contributed by atoms with van der Waals surface area (Å²) in [5.41, 5.74) is 5.26. The second kappa shape index (κ2) is 6.05. The van der Waals surface area contributed by atoms with E-state index in [1.807, 2.05) is 0 Å². The highest BCUT2D eigenvalue weighted by atomic mass is 19.4. The Morgan fingerprint density at radius 3 is 2.24 bits per heavy atom. The molecule has 3 nitrogen and oxygen atoms in total. The van der Waals surface area contributed by atoms with Crippen LogP contribution in [0.25, 0.3) is 0 Å². The van der Waals surface area contributed by atoms with E-state index in [4.69, 9.17) is 5.73 Å². The zero-order valence-corrected chi connectivity index (χ0v) is 11.7. The standard InChI is InChI=1S/C15H19F3N2O/c16-15(17,18)12-6-4-11(5-7-12)13(21)20-10-14(19)8-2-1-3-9-14/h4-7H,1-3,8-10,19H2,(H,20,21). The predicted molar refractivity (Wildman–Crippen MR) is 73.8 cm³/mol. The van der Waals surface area contributed by atoms with E-state index in [9.17, 15) is 18.0 Å². The third-order valence-corrected chi connectivity index (χ3v) is 3.92. The predicted octanol–water partition coefficient (Wildman–Crippen LogP) is 3.10. The number of nitrogens with one attached hydrogen (secondary N) is 1. The SMILES string of the molecule is NC1(CNC(=O)c2ccc(C(F)(F)F)cc2)CCCCC1. The van der Waals surface area contributed by atoms with Gasteiger partial charge in [-0.15, -0.1) is 0 Å². The van der Waals surface area contributed by atoms with E-state index in [0.717, 1.165) is 44.2 Å². The molecule has 0 saturated heterocycles. The lowest BCUT2D eigenvalue weighted by Crippen LogP contribution is -2.51. The molecule has 0 unspecified atom stereocenters. The quantitative estimate of drug-likeness (QED) is 0.901. The minimum absolute atomic E-state index is 0.211. The largest absolute Gasteiger partial charge is 0.416 e. The molecule has 21 heavy (non-hydrogen) atoms. The van der Waals surface area contributed by atoms with Crippen LogP contribution in [-0.4, -0.2) is 18.0 Å². The average molecular weight is 300 g/mol. The van der Waals surface area contributed by atoms with Crippen molar-refractivity contribution in [2.45, 2.75) is 43.8 Å². The second-order valence-corrected chi connectivity index (χ2v) is 5.68. The second-order valence-electron chi connectivity index (χ2n) is 5.68. The summed E-state index contributed by atoms with van der Waals surface area (Å²) in [6.45, 7) is 0.354. The maximum absolute atomic E-state index is 12.4. The average Bonchev–Trinajstić information content (AvgIpc) is 2.45. The Morgan fingerprint density at radius 2 is 1.71 bits per heavy atom. The molecular formula is C15H19F3N2O. The lowest BCUT2D eigenvalue weighted by atomic mass is 9.82. The maximum atomic E-state index is 12.4. The number of nitrogens with two attached hydrogens (primary N) is 1. The van der Waals surface area contributed by atoms with Gasteiger partial charge in [0.1, 0.15) is 0 Å². The summed E-state index contributed by atoms with van der Waals surface area (Å²) in [5.74, 6) is -0.390. The molecule has 1 saturated carbocycles. The summed E-state index contributed by atoms with van der Waals surface area (Å²) < 4.78 is 37.3. The lowest BCUT2D eigenvalue weighted by Gasteiger charge is -2.33. The minimum Gasteiger partial charge on any atom is -0.350 e. The fourth-order valence-corrected chi connectivity index (χ4v) is 2.60. The lowest BCUT2D eigenvalue weighted by molar-refractivity contribution is -0.137. The van der Waals surface area contributed by atoms with Crippen LogP contribution in [-0.2, 0) is 6.18 Å². The van der Waals surface area contributed by atoms with Crippen LogP contribution in [0.4, 0.5) is 13.2 Å². The number of alkyl halides is 3. The van der Waals surface area contributed by atoms with Crippen LogP contribution in [0.1, 0.15) is 48.0 Å². The summed E-state index contributed by atoms with van der Waals surface area (Å²) in [6.07, 6.45) is 0.587. The highest BCUT2D eigenvalue weighted by molar-refractivity contribution is 5.94. The van der Waals surface area contributed by atoms with E-state index < -0.39 is 11.7 Å². The Hall–Kier alpha value is -1.56. The summed E-state index contributed by atoms with van der Waals surface area (Å²) in [7, 11) is 0. The smallest absolute Gasteiger partial charge is 0.350 e. The number of halogens is 3. The zero-order chi connectivity index (χ0) is 15.5. The van der Waals surface area contributed by atoms with Crippen molar-refractivity contribution in [2.75, 3.05) is 6.54 Å². The number of carbonyl (C=O) groups is 1. The van der Waals surface area contributed by atoms with E-state index in [-0.39, 0.29) is 17.0 Å². The van der Waals surface area contributed by atoms with E-state index in [1.165, 1.54) is 12.1 Å². The summed E-state index contributed by atoms with van der Waals surface area (Å²) in [5, 5.41) is 2.72. The Balaban J connectivity index is 1.94. The van der Waals surface area contributed by atoms with Gasteiger partial charge < -0.3 is 11.1 Å². The van der Waals surface area contributed by atoms with E-state index in [2.05, 4.69) is 5.32 Å². The molecule has 0 spiro atoms. The van der Waals surface area contributed by atoms with E-state index in [0.29, 0.717) is 6.54 Å². The highest BCUT2D eigenvalue weighted by Crippen LogP contribution is 2.29. The van der Waals surface area contributed by atoms with Gasteiger partial charge in [-0.05, 0) is 37.1 Å². The molecule has 3 N–H and O–H groups in total.